The minimum atomic E-state index is -1.24. The first kappa shape index (κ1) is 10.8. The zero-order valence-electron chi connectivity index (χ0n) is 6.91. The Balaban J connectivity index is 0.000000561. The number of hydrogen-bond donors (Lipinski definition) is 1. The molecule has 0 fully saturated rings. The SMILES string of the molecule is C=C.OCC(F)c1ccccc1. The van der Waals surface area contributed by atoms with E-state index < -0.39 is 12.8 Å². The minimum Gasteiger partial charge on any atom is -0.393 e. The van der Waals surface area contributed by atoms with Gasteiger partial charge in [0.2, 0.25) is 0 Å². The predicted octanol–water partition coefficient (Wildman–Crippen LogP) is 2.49. The maximum Gasteiger partial charge on any atom is 0.148 e. The molecule has 66 valence electrons. The van der Waals surface area contributed by atoms with Crippen molar-refractivity contribution in [1.82, 2.24) is 0 Å². The quantitative estimate of drug-likeness (QED) is 0.672. The van der Waals surface area contributed by atoms with Gasteiger partial charge in [-0.2, -0.15) is 0 Å². The second-order valence-electron chi connectivity index (χ2n) is 2.06. The Labute approximate surface area is 72.2 Å². The van der Waals surface area contributed by atoms with E-state index in [0.717, 1.165) is 0 Å². The highest BCUT2D eigenvalue weighted by atomic mass is 19.1. The fraction of sp³-hybridized carbons (Fsp3) is 0.200. The molecule has 0 aliphatic carbocycles. The zero-order valence-corrected chi connectivity index (χ0v) is 6.91. The lowest BCUT2D eigenvalue weighted by molar-refractivity contribution is 0.180. The average molecular weight is 168 g/mol. The van der Waals surface area contributed by atoms with Crippen molar-refractivity contribution < 1.29 is 9.50 Å². The molecule has 1 atom stereocenters. The summed E-state index contributed by atoms with van der Waals surface area (Å²) in [5.74, 6) is 0. The third-order valence-electron chi connectivity index (χ3n) is 1.32. The van der Waals surface area contributed by atoms with Gasteiger partial charge in [-0.15, -0.1) is 13.2 Å². The lowest BCUT2D eigenvalue weighted by Crippen LogP contribution is -1.95. The number of rotatable bonds is 2. The Morgan fingerprint density at radius 1 is 1.25 bits per heavy atom. The van der Waals surface area contributed by atoms with Crippen LogP contribution in [0.2, 0.25) is 0 Å². The molecule has 0 heterocycles. The molecule has 1 nitrogen and oxygen atoms in total. The molecular weight excluding hydrogens is 155 g/mol. The average Bonchev–Trinajstić information content (AvgIpc) is 2.21. The fourth-order valence-corrected chi connectivity index (χ4v) is 0.767. The first-order chi connectivity index (χ1) is 5.84. The Kier molecular flexibility index (Phi) is 5.93. The summed E-state index contributed by atoms with van der Waals surface area (Å²) in [4.78, 5) is 0. The molecule has 1 aromatic rings. The van der Waals surface area contributed by atoms with Crippen LogP contribution in [0.5, 0.6) is 0 Å². The van der Waals surface area contributed by atoms with Gasteiger partial charge in [0.05, 0.1) is 6.61 Å². The maximum atomic E-state index is 12.6. The van der Waals surface area contributed by atoms with Crippen molar-refractivity contribution >= 4 is 0 Å². The van der Waals surface area contributed by atoms with Crippen molar-refractivity contribution in [2.75, 3.05) is 6.61 Å². The summed E-state index contributed by atoms with van der Waals surface area (Å²) in [6.45, 7) is 5.56. The summed E-state index contributed by atoms with van der Waals surface area (Å²) >= 11 is 0. The van der Waals surface area contributed by atoms with E-state index in [1.165, 1.54) is 0 Å². The van der Waals surface area contributed by atoms with Crippen LogP contribution in [0.25, 0.3) is 0 Å². The van der Waals surface area contributed by atoms with Gasteiger partial charge in [-0.05, 0) is 5.56 Å². The Hall–Kier alpha value is -1.15. The standard InChI is InChI=1S/C8H9FO.C2H4/c9-8(6-10)7-4-2-1-3-5-7;1-2/h1-5,8,10H,6H2;1-2H2. The van der Waals surface area contributed by atoms with Gasteiger partial charge in [0.15, 0.2) is 0 Å². The number of hydrogen-bond acceptors (Lipinski definition) is 1. The van der Waals surface area contributed by atoms with Gasteiger partial charge >= 0.3 is 0 Å². The smallest absolute Gasteiger partial charge is 0.148 e. The fourth-order valence-electron chi connectivity index (χ4n) is 0.767. The largest absolute Gasteiger partial charge is 0.393 e. The van der Waals surface area contributed by atoms with Crippen molar-refractivity contribution in [3.63, 3.8) is 0 Å². The molecule has 0 spiro atoms. The van der Waals surface area contributed by atoms with Gasteiger partial charge in [-0.1, -0.05) is 30.3 Å². The van der Waals surface area contributed by atoms with E-state index in [4.69, 9.17) is 5.11 Å². The Morgan fingerprint density at radius 2 is 1.75 bits per heavy atom. The minimum absolute atomic E-state index is 0.440. The normalized spacial score (nSPS) is 11.2. The van der Waals surface area contributed by atoms with Crippen LogP contribution in [0.15, 0.2) is 43.5 Å². The van der Waals surface area contributed by atoms with Crippen molar-refractivity contribution in [3.8, 4) is 0 Å². The summed E-state index contributed by atoms with van der Waals surface area (Å²) in [6, 6.07) is 8.62. The van der Waals surface area contributed by atoms with Crippen molar-refractivity contribution in [1.29, 1.82) is 0 Å². The van der Waals surface area contributed by atoms with Gasteiger partial charge in [0, 0.05) is 0 Å². The number of alkyl halides is 1. The van der Waals surface area contributed by atoms with Gasteiger partial charge in [0.25, 0.3) is 0 Å². The predicted molar refractivity (Wildman–Crippen MR) is 48.6 cm³/mol. The Morgan fingerprint density at radius 3 is 2.17 bits per heavy atom. The number of aliphatic hydroxyl groups excluding tert-OH is 1. The van der Waals surface area contributed by atoms with Crippen LogP contribution < -0.4 is 0 Å². The second kappa shape index (κ2) is 6.55. The van der Waals surface area contributed by atoms with Crippen LogP contribution in [0.1, 0.15) is 11.7 Å². The second-order valence-corrected chi connectivity index (χ2v) is 2.06. The van der Waals surface area contributed by atoms with Gasteiger partial charge < -0.3 is 5.11 Å². The molecule has 0 aromatic heterocycles. The molecule has 1 unspecified atom stereocenters. The molecule has 0 aliphatic heterocycles. The van der Waals surface area contributed by atoms with Crippen molar-refractivity contribution in [3.05, 3.63) is 49.1 Å². The molecule has 0 amide bonds. The highest BCUT2D eigenvalue weighted by molar-refractivity contribution is 5.17. The van der Waals surface area contributed by atoms with Crippen LogP contribution in [0, 0.1) is 0 Å². The van der Waals surface area contributed by atoms with Crippen LogP contribution >= 0.6 is 0 Å². The molecule has 0 radical (unpaired) electrons. The third kappa shape index (κ3) is 3.30. The molecule has 0 saturated carbocycles. The van der Waals surface area contributed by atoms with Gasteiger partial charge in [-0.3, -0.25) is 0 Å². The zero-order chi connectivity index (χ0) is 9.40. The summed E-state index contributed by atoms with van der Waals surface area (Å²) < 4.78 is 12.6. The third-order valence-corrected chi connectivity index (χ3v) is 1.32. The van der Waals surface area contributed by atoms with Crippen LogP contribution in [-0.4, -0.2) is 11.7 Å². The monoisotopic (exact) mass is 168 g/mol. The molecule has 1 rings (SSSR count). The van der Waals surface area contributed by atoms with E-state index in [1.807, 2.05) is 6.07 Å². The molecule has 1 N–H and O–H groups in total. The van der Waals surface area contributed by atoms with Gasteiger partial charge in [0.1, 0.15) is 6.17 Å². The summed E-state index contributed by atoms with van der Waals surface area (Å²) in [5.41, 5.74) is 0.532. The van der Waals surface area contributed by atoms with Crippen LogP contribution in [0.4, 0.5) is 4.39 Å². The number of benzene rings is 1. The highest BCUT2D eigenvalue weighted by Crippen LogP contribution is 2.14. The molecule has 0 bridgehead atoms. The van der Waals surface area contributed by atoms with Crippen LogP contribution in [-0.2, 0) is 0 Å². The molecule has 2 heteroatoms. The number of aliphatic hydroxyl groups is 1. The summed E-state index contributed by atoms with van der Waals surface area (Å²) in [7, 11) is 0. The lowest BCUT2D eigenvalue weighted by Gasteiger charge is -2.02. The van der Waals surface area contributed by atoms with E-state index in [0.29, 0.717) is 5.56 Å². The highest BCUT2D eigenvalue weighted by Gasteiger charge is 2.04. The first-order valence-electron chi connectivity index (χ1n) is 3.64. The van der Waals surface area contributed by atoms with Crippen molar-refractivity contribution in [2.24, 2.45) is 0 Å². The lowest BCUT2D eigenvalue weighted by atomic mass is 10.1. The van der Waals surface area contributed by atoms with E-state index in [9.17, 15) is 4.39 Å². The van der Waals surface area contributed by atoms with E-state index in [1.54, 1.807) is 24.3 Å². The van der Waals surface area contributed by atoms with Crippen LogP contribution in [0.3, 0.4) is 0 Å². The topological polar surface area (TPSA) is 20.2 Å². The van der Waals surface area contributed by atoms with E-state index in [-0.39, 0.29) is 0 Å². The van der Waals surface area contributed by atoms with Crippen molar-refractivity contribution in [2.45, 2.75) is 6.17 Å². The molecule has 12 heavy (non-hydrogen) atoms. The van der Waals surface area contributed by atoms with Gasteiger partial charge in [-0.25, -0.2) is 4.39 Å². The van der Waals surface area contributed by atoms with E-state index >= 15 is 0 Å². The molecule has 0 aliphatic rings. The summed E-state index contributed by atoms with van der Waals surface area (Å²) in [6.07, 6.45) is -1.24. The van der Waals surface area contributed by atoms with E-state index in [2.05, 4.69) is 13.2 Å². The maximum absolute atomic E-state index is 12.6. The molecule has 1 aromatic carbocycles. The Bertz CT molecular complexity index is 198. The molecular formula is C10H13FO. The molecule has 0 saturated heterocycles. The number of halogens is 1. The summed E-state index contributed by atoms with van der Waals surface area (Å²) in [5, 5.41) is 8.41. The first-order valence-corrected chi connectivity index (χ1v) is 3.64.